The van der Waals surface area contributed by atoms with E-state index < -0.39 is 60.2 Å². The molecule has 2 atom stereocenters. The second-order valence-corrected chi connectivity index (χ2v) is 12.4. The van der Waals surface area contributed by atoms with Crippen LogP contribution in [0, 0.1) is 11.7 Å². The van der Waals surface area contributed by atoms with E-state index in [1.54, 1.807) is 38.7 Å². The predicted molar refractivity (Wildman–Crippen MR) is 155 cm³/mol. The van der Waals surface area contributed by atoms with E-state index in [-0.39, 0.29) is 43.2 Å². The van der Waals surface area contributed by atoms with E-state index in [9.17, 15) is 28.0 Å². The van der Waals surface area contributed by atoms with Crippen LogP contribution in [0.4, 0.5) is 23.7 Å². The number of alkyl carbamates (subject to hydrolysis) is 1. The number of hydrogen-bond acceptors (Lipinski definition) is 6. The van der Waals surface area contributed by atoms with E-state index in [0.717, 1.165) is 0 Å². The maximum atomic E-state index is 15.3. The molecule has 0 aromatic heterocycles. The van der Waals surface area contributed by atoms with E-state index >= 15 is 4.39 Å². The minimum absolute atomic E-state index is 0.00545. The van der Waals surface area contributed by atoms with Crippen LogP contribution < -0.4 is 16.0 Å². The van der Waals surface area contributed by atoms with E-state index in [1.165, 1.54) is 12.1 Å². The summed E-state index contributed by atoms with van der Waals surface area (Å²) < 4.78 is 48.1. The van der Waals surface area contributed by atoms with Gasteiger partial charge in [-0.25, -0.2) is 18.0 Å². The Morgan fingerprint density at radius 1 is 1.05 bits per heavy atom. The largest absolute Gasteiger partial charge is 0.444 e. The number of ether oxygens (including phenoxy) is 1. The number of hydrogen-bond donors (Lipinski definition) is 3. The van der Waals surface area contributed by atoms with Gasteiger partial charge in [-0.2, -0.15) is 0 Å². The molecule has 1 saturated carbocycles. The molecule has 0 bridgehead atoms. The number of halogens is 3. The van der Waals surface area contributed by atoms with Gasteiger partial charge in [0.05, 0.1) is 5.69 Å². The van der Waals surface area contributed by atoms with E-state index in [0.29, 0.717) is 31.7 Å². The summed E-state index contributed by atoms with van der Waals surface area (Å²) in [6.07, 6.45) is -1.52. The molecule has 4 amide bonds. The summed E-state index contributed by atoms with van der Waals surface area (Å²) in [5.74, 6) is -5.54. The van der Waals surface area contributed by atoms with Crippen molar-refractivity contribution >= 4 is 29.5 Å². The van der Waals surface area contributed by atoms with E-state index in [2.05, 4.69) is 20.9 Å². The van der Waals surface area contributed by atoms with Gasteiger partial charge in [0.15, 0.2) is 0 Å². The van der Waals surface area contributed by atoms with Crippen LogP contribution in [-0.2, 0) is 25.5 Å². The Hall–Kier alpha value is -3.35. The van der Waals surface area contributed by atoms with Gasteiger partial charge in [-0.15, -0.1) is 0 Å². The fourth-order valence-electron chi connectivity index (χ4n) is 5.20. The summed E-state index contributed by atoms with van der Waals surface area (Å²) in [6.45, 7) is 9.07. The first kappa shape index (κ1) is 34.1. The summed E-state index contributed by atoms with van der Waals surface area (Å²) in [7, 11) is 1.96. The summed E-state index contributed by atoms with van der Waals surface area (Å²) in [5, 5.41) is 7.71. The Bertz CT molecular complexity index is 1160. The Labute approximate surface area is 251 Å². The summed E-state index contributed by atoms with van der Waals surface area (Å²) in [6, 6.07) is 1.94. The first-order chi connectivity index (χ1) is 20.1. The van der Waals surface area contributed by atoms with Gasteiger partial charge < -0.3 is 30.5 Å². The molecule has 3 N–H and O–H groups in total. The van der Waals surface area contributed by atoms with Crippen molar-refractivity contribution in [1.29, 1.82) is 0 Å². The molecule has 1 aromatic carbocycles. The zero-order valence-electron chi connectivity index (χ0n) is 25.6. The van der Waals surface area contributed by atoms with Gasteiger partial charge in [0.1, 0.15) is 23.5 Å². The van der Waals surface area contributed by atoms with Gasteiger partial charge in [0, 0.05) is 51.9 Å². The Morgan fingerprint density at radius 2 is 1.67 bits per heavy atom. The third kappa shape index (κ3) is 10.4. The van der Waals surface area contributed by atoms with Gasteiger partial charge in [-0.05, 0) is 64.3 Å². The minimum Gasteiger partial charge on any atom is -0.444 e. The van der Waals surface area contributed by atoms with E-state index in [1.807, 2.05) is 7.05 Å². The summed E-state index contributed by atoms with van der Waals surface area (Å²) in [5.41, 5.74) is -0.602. The topological polar surface area (TPSA) is 120 Å². The zero-order chi connectivity index (χ0) is 31.9. The maximum Gasteiger partial charge on any atom is 0.408 e. The molecule has 43 heavy (non-hydrogen) atoms. The highest BCUT2D eigenvalue weighted by Gasteiger charge is 2.41. The molecule has 3 rings (SSSR count). The number of likely N-dealkylation sites (N-methyl/N-ethyl adjacent to an activating group) is 1. The van der Waals surface area contributed by atoms with Crippen molar-refractivity contribution < 1.29 is 37.1 Å². The molecule has 10 nitrogen and oxygen atoms in total. The minimum atomic E-state index is -2.84. The van der Waals surface area contributed by atoms with Gasteiger partial charge >= 0.3 is 6.09 Å². The van der Waals surface area contributed by atoms with Gasteiger partial charge in [0.25, 0.3) is 0 Å². The number of piperazine rings is 1. The molecule has 1 heterocycles. The molecule has 2 unspecified atom stereocenters. The molecule has 240 valence electrons. The summed E-state index contributed by atoms with van der Waals surface area (Å²) in [4.78, 5) is 55.0. The SMILES string of the molecule is CCC(=O)NC(Cc1ccc(NC(=O)C(NC(=O)OC(C)(C)C)C2CCC(F)(F)CC2)c(F)c1)C(=O)N1CCN(C)CC1. The molecule has 1 aromatic rings. The lowest BCUT2D eigenvalue weighted by Crippen LogP contribution is -2.54. The van der Waals surface area contributed by atoms with Crippen molar-refractivity contribution in [3.63, 3.8) is 0 Å². The van der Waals surface area contributed by atoms with Crippen molar-refractivity contribution in [1.82, 2.24) is 20.4 Å². The normalized spacial score (nSPS) is 19.2. The number of rotatable bonds is 9. The van der Waals surface area contributed by atoms with Gasteiger partial charge in [0.2, 0.25) is 23.6 Å². The molecule has 13 heteroatoms. The zero-order valence-corrected chi connectivity index (χ0v) is 25.6. The number of carbonyl (C=O) groups is 4. The average molecular weight is 612 g/mol. The average Bonchev–Trinajstić information content (AvgIpc) is 2.92. The second kappa shape index (κ2) is 14.4. The molecule has 1 aliphatic carbocycles. The van der Waals surface area contributed by atoms with Crippen molar-refractivity contribution in [2.45, 2.75) is 89.8 Å². The van der Waals surface area contributed by atoms with Crippen LogP contribution in [0.25, 0.3) is 0 Å². The van der Waals surface area contributed by atoms with Gasteiger partial charge in [-0.1, -0.05) is 13.0 Å². The molecule has 0 spiro atoms. The first-order valence-electron chi connectivity index (χ1n) is 14.8. The van der Waals surface area contributed by atoms with Crippen LogP contribution in [0.15, 0.2) is 18.2 Å². The van der Waals surface area contributed by atoms with Crippen LogP contribution >= 0.6 is 0 Å². The Morgan fingerprint density at radius 3 is 2.23 bits per heavy atom. The van der Waals surface area contributed by atoms with Crippen molar-refractivity contribution in [2.24, 2.45) is 5.92 Å². The smallest absolute Gasteiger partial charge is 0.408 e. The lowest BCUT2D eigenvalue weighted by molar-refractivity contribution is -0.137. The van der Waals surface area contributed by atoms with Crippen LogP contribution in [0.5, 0.6) is 0 Å². The van der Waals surface area contributed by atoms with Crippen LogP contribution in [0.2, 0.25) is 0 Å². The third-order valence-electron chi connectivity index (χ3n) is 7.69. The van der Waals surface area contributed by atoms with Crippen molar-refractivity contribution in [2.75, 3.05) is 38.5 Å². The third-order valence-corrected chi connectivity index (χ3v) is 7.69. The fourth-order valence-corrected chi connectivity index (χ4v) is 5.20. The Balaban J connectivity index is 1.74. The van der Waals surface area contributed by atoms with Crippen LogP contribution in [0.1, 0.15) is 65.4 Å². The highest BCUT2D eigenvalue weighted by atomic mass is 19.3. The monoisotopic (exact) mass is 611 g/mol. The van der Waals surface area contributed by atoms with Crippen molar-refractivity contribution in [3.8, 4) is 0 Å². The number of nitrogens with zero attached hydrogens (tertiary/aromatic N) is 2. The number of alkyl halides is 2. The number of nitrogens with one attached hydrogen (secondary N) is 3. The molecule has 2 aliphatic rings. The lowest BCUT2D eigenvalue weighted by Gasteiger charge is -2.35. The van der Waals surface area contributed by atoms with Gasteiger partial charge in [-0.3, -0.25) is 14.4 Å². The fraction of sp³-hybridized carbons (Fsp3) is 0.667. The quantitative estimate of drug-likeness (QED) is 0.392. The number of anilines is 1. The van der Waals surface area contributed by atoms with Crippen LogP contribution in [0.3, 0.4) is 0 Å². The van der Waals surface area contributed by atoms with E-state index in [4.69, 9.17) is 4.74 Å². The summed E-state index contributed by atoms with van der Waals surface area (Å²) >= 11 is 0. The van der Waals surface area contributed by atoms with Crippen molar-refractivity contribution in [3.05, 3.63) is 29.6 Å². The number of amides is 4. The second-order valence-electron chi connectivity index (χ2n) is 12.4. The molecule has 1 aliphatic heterocycles. The molecular formula is C30H44F3N5O5. The van der Waals surface area contributed by atoms with Crippen LogP contribution in [-0.4, -0.2) is 90.4 Å². The predicted octanol–water partition coefficient (Wildman–Crippen LogP) is 3.69. The molecule has 1 saturated heterocycles. The first-order valence-corrected chi connectivity index (χ1v) is 14.8. The number of benzene rings is 1. The highest BCUT2D eigenvalue weighted by molar-refractivity contribution is 5.97. The standard InChI is InChI=1S/C30H44F3N5O5/c1-6-24(39)34-23(27(41)38-15-13-37(5)14-16-38)18-19-7-8-22(21(31)17-19)35-26(40)25(36-28(42)43-29(2,3)4)20-9-11-30(32,33)12-10-20/h7-8,17,20,23,25H,6,9-16,18H2,1-5H3,(H,34,39)(H,35,40)(H,36,42). The molecular weight excluding hydrogens is 567 g/mol. The molecule has 0 radical (unpaired) electrons. The maximum absolute atomic E-state index is 15.3. The highest BCUT2D eigenvalue weighted by Crippen LogP contribution is 2.38. The Kier molecular flexibility index (Phi) is 11.4. The molecule has 2 fully saturated rings. The lowest BCUT2D eigenvalue weighted by atomic mass is 9.81. The number of carbonyl (C=O) groups excluding carboxylic acids is 4.